The van der Waals surface area contributed by atoms with Gasteiger partial charge in [0.15, 0.2) is 0 Å². The van der Waals surface area contributed by atoms with Crippen LogP contribution in [0.4, 0.5) is 0 Å². The number of halogens is 1. The molecule has 3 rings (SSSR count). The molecule has 0 radical (unpaired) electrons. The monoisotopic (exact) mass is 349 g/mol. The number of benzene rings is 1. The van der Waals surface area contributed by atoms with Crippen LogP contribution in [-0.2, 0) is 15.0 Å². The highest BCUT2D eigenvalue weighted by atomic mass is 35.5. The van der Waals surface area contributed by atoms with Crippen molar-refractivity contribution in [2.75, 3.05) is 26.7 Å². The van der Waals surface area contributed by atoms with Gasteiger partial charge in [-0.1, -0.05) is 23.7 Å². The van der Waals surface area contributed by atoms with Gasteiger partial charge in [0.2, 0.25) is 11.8 Å². The number of nitrogens with one attached hydrogen (secondary N) is 2. The van der Waals surface area contributed by atoms with Crippen LogP contribution < -0.4 is 10.6 Å². The van der Waals surface area contributed by atoms with E-state index < -0.39 is 0 Å². The van der Waals surface area contributed by atoms with Gasteiger partial charge < -0.3 is 10.6 Å². The van der Waals surface area contributed by atoms with Crippen LogP contribution in [0.2, 0.25) is 5.02 Å². The molecule has 1 aromatic rings. The Balaban J connectivity index is 1.54. The van der Waals surface area contributed by atoms with E-state index in [0.29, 0.717) is 11.6 Å². The number of hydrogen-bond acceptors (Lipinski definition) is 3. The lowest BCUT2D eigenvalue weighted by molar-refractivity contribution is -0.125. The highest BCUT2D eigenvalue weighted by Crippen LogP contribution is 2.49. The van der Waals surface area contributed by atoms with E-state index in [4.69, 9.17) is 11.6 Å². The molecule has 0 spiro atoms. The minimum Gasteiger partial charge on any atom is -0.358 e. The number of hydrogen-bond donors (Lipinski definition) is 2. The topological polar surface area (TPSA) is 61.4 Å². The largest absolute Gasteiger partial charge is 0.358 e. The minimum absolute atomic E-state index is 0.0374. The maximum atomic E-state index is 12.8. The van der Waals surface area contributed by atoms with Gasteiger partial charge in [0, 0.05) is 31.2 Å². The van der Waals surface area contributed by atoms with Gasteiger partial charge in [-0.15, -0.1) is 0 Å². The second-order valence-electron chi connectivity index (χ2n) is 6.79. The predicted octanol–water partition coefficient (Wildman–Crippen LogP) is 1.70. The number of amides is 2. The zero-order chi connectivity index (χ0) is 17.2. The van der Waals surface area contributed by atoms with E-state index >= 15 is 0 Å². The van der Waals surface area contributed by atoms with E-state index in [0.717, 1.165) is 44.3 Å². The lowest BCUT2D eigenvalue weighted by atomic mass is 9.94. The third-order valence-corrected chi connectivity index (χ3v) is 5.37. The fraction of sp³-hybridized carbons (Fsp3) is 0.556. The van der Waals surface area contributed by atoms with Gasteiger partial charge in [0.05, 0.1) is 12.0 Å². The maximum absolute atomic E-state index is 12.8. The van der Waals surface area contributed by atoms with Gasteiger partial charge in [-0.3, -0.25) is 14.5 Å². The molecular formula is C18H24ClN3O2. The van der Waals surface area contributed by atoms with Gasteiger partial charge in [-0.25, -0.2) is 0 Å². The van der Waals surface area contributed by atoms with Gasteiger partial charge >= 0.3 is 0 Å². The highest BCUT2D eigenvalue weighted by molar-refractivity contribution is 6.30. The van der Waals surface area contributed by atoms with Crippen molar-refractivity contribution in [3.8, 4) is 0 Å². The molecule has 1 aliphatic carbocycles. The second-order valence-corrected chi connectivity index (χ2v) is 7.23. The van der Waals surface area contributed by atoms with Crippen molar-refractivity contribution in [3.05, 3.63) is 34.9 Å². The first-order valence-corrected chi connectivity index (χ1v) is 8.91. The summed E-state index contributed by atoms with van der Waals surface area (Å²) in [7, 11) is 1.65. The molecule has 0 atom stereocenters. The summed E-state index contributed by atoms with van der Waals surface area (Å²) in [6, 6.07) is 7.82. The molecule has 1 saturated heterocycles. The summed E-state index contributed by atoms with van der Waals surface area (Å²) in [4.78, 5) is 26.3. The Labute approximate surface area is 147 Å². The highest BCUT2D eigenvalue weighted by Gasteiger charge is 2.51. The number of nitrogens with zero attached hydrogens (tertiary/aromatic N) is 1. The van der Waals surface area contributed by atoms with Crippen LogP contribution in [0.25, 0.3) is 0 Å². The summed E-state index contributed by atoms with van der Waals surface area (Å²) in [5.74, 6) is 0.157. The fourth-order valence-electron chi connectivity index (χ4n) is 3.40. The zero-order valence-corrected chi connectivity index (χ0v) is 14.7. The van der Waals surface area contributed by atoms with Crippen molar-refractivity contribution in [1.82, 2.24) is 15.5 Å². The van der Waals surface area contributed by atoms with Gasteiger partial charge in [0.1, 0.15) is 0 Å². The number of carbonyl (C=O) groups is 2. The van der Waals surface area contributed by atoms with E-state index in [9.17, 15) is 9.59 Å². The van der Waals surface area contributed by atoms with Crippen LogP contribution in [0.15, 0.2) is 24.3 Å². The number of piperidine rings is 1. The van der Waals surface area contributed by atoms with E-state index in [1.54, 1.807) is 7.05 Å². The Kier molecular flexibility index (Phi) is 5.11. The van der Waals surface area contributed by atoms with E-state index in [2.05, 4.69) is 15.5 Å². The molecule has 5 nitrogen and oxygen atoms in total. The third kappa shape index (κ3) is 3.73. The van der Waals surface area contributed by atoms with Gasteiger partial charge in [-0.05, 0) is 43.4 Å². The van der Waals surface area contributed by atoms with Crippen molar-refractivity contribution in [3.63, 3.8) is 0 Å². The Hall–Kier alpha value is -1.59. The van der Waals surface area contributed by atoms with Crippen molar-refractivity contribution < 1.29 is 9.59 Å². The number of carbonyl (C=O) groups excluding carboxylic acids is 2. The SMILES string of the molecule is CNC(=O)CN1CCC(NC(=O)C2(c3cccc(Cl)c3)CC2)CC1. The Morgan fingerprint density at radius 1 is 1.29 bits per heavy atom. The summed E-state index contributed by atoms with van der Waals surface area (Å²) >= 11 is 6.07. The summed E-state index contributed by atoms with van der Waals surface area (Å²) in [5.41, 5.74) is 0.633. The zero-order valence-electron chi connectivity index (χ0n) is 14.0. The average Bonchev–Trinajstić information content (AvgIpc) is 3.38. The van der Waals surface area contributed by atoms with Crippen LogP contribution in [0, 0.1) is 0 Å². The van der Waals surface area contributed by atoms with Crippen LogP contribution in [0.1, 0.15) is 31.2 Å². The molecule has 2 N–H and O–H groups in total. The maximum Gasteiger partial charge on any atom is 0.233 e. The summed E-state index contributed by atoms with van der Waals surface area (Å²) in [6.45, 7) is 2.11. The van der Waals surface area contributed by atoms with Crippen molar-refractivity contribution >= 4 is 23.4 Å². The smallest absolute Gasteiger partial charge is 0.233 e. The van der Waals surface area contributed by atoms with Crippen LogP contribution in [-0.4, -0.2) is 49.4 Å². The first-order valence-electron chi connectivity index (χ1n) is 8.53. The molecule has 24 heavy (non-hydrogen) atoms. The molecule has 130 valence electrons. The van der Waals surface area contributed by atoms with Crippen LogP contribution >= 0.6 is 11.6 Å². The normalized spacial score (nSPS) is 20.4. The third-order valence-electron chi connectivity index (χ3n) is 5.13. The fourth-order valence-corrected chi connectivity index (χ4v) is 3.59. The first-order chi connectivity index (χ1) is 11.5. The molecular weight excluding hydrogens is 326 g/mol. The van der Waals surface area contributed by atoms with Gasteiger partial charge in [-0.2, -0.15) is 0 Å². The van der Waals surface area contributed by atoms with Gasteiger partial charge in [0.25, 0.3) is 0 Å². The van der Waals surface area contributed by atoms with Crippen LogP contribution in [0.5, 0.6) is 0 Å². The molecule has 0 bridgehead atoms. The molecule has 1 heterocycles. The Bertz CT molecular complexity index is 622. The Morgan fingerprint density at radius 2 is 2.00 bits per heavy atom. The quantitative estimate of drug-likeness (QED) is 0.850. The lowest BCUT2D eigenvalue weighted by Gasteiger charge is -2.32. The molecule has 6 heteroatoms. The van der Waals surface area contributed by atoms with E-state index in [1.165, 1.54) is 0 Å². The minimum atomic E-state index is -0.385. The summed E-state index contributed by atoms with van der Waals surface area (Å²) in [5, 5.41) is 6.54. The van der Waals surface area contributed by atoms with E-state index in [-0.39, 0.29) is 23.3 Å². The van der Waals surface area contributed by atoms with Crippen molar-refractivity contribution in [1.29, 1.82) is 0 Å². The molecule has 2 aliphatic rings. The molecule has 2 amide bonds. The molecule has 1 aliphatic heterocycles. The van der Waals surface area contributed by atoms with Crippen molar-refractivity contribution in [2.24, 2.45) is 0 Å². The van der Waals surface area contributed by atoms with Crippen molar-refractivity contribution in [2.45, 2.75) is 37.1 Å². The number of likely N-dealkylation sites (tertiary alicyclic amines) is 1. The van der Waals surface area contributed by atoms with E-state index in [1.807, 2.05) is 24.3 Å². The number of likely N-dealkylation sites (N-methyl/N-ethyl adjacent to an activating group) is 1. The molecule has 0 unspecified atom stereocenters. The lowest BCUT2D eigenvalue weighted by Crippen LogP contribution is -2.49. The molecule has 0 aromatic heterocycles. The second kappa shape index (κ2) is 7.11. The number of rotatable bonds is 5. The average molecular weight is 350 g/mol. The molecule has 1 saturated carbocycles. The standard InChI is InChI=1S/C18H24ClN3O2/c1-20-16(23)12-22-9-5-15(6-10-22)21-17(24)18(7-8-18)13-3-2-4-14(19)11-13/h2-4,11,15H,5-10,12H2,1H3,(H,20,23)(H,21,24). The summed E-state index contributed by atoms with van der Waals surface area (Å²) < 4.78 is 0. The molecule has 1 aromatic carbocycles. The predicted molar refractivity (Wildman–Crippen MR) is 94.0 cm³/mol. The summed E-state index contributed by atoms with van der Waals surface area (Å²) in [6.07, 6.45) is 3.53. The van der Waals surface area contributed by atoms with Crippen LogP contribution in [0.3, 0.4) is 0 Å². The Morgan fingerprint density at radius 3 is 2.58 bits per heavy atom. The first kappa shape index (κ1) is 17.2. The molecule has 2 fully saturated rings.